The summed E-state index contributed by atoms with van der Waals surface area (Å²) in [5.74, 6) is -0.479. The summed E-state index contributed by atoms with van der Waals surface area (Å²) < 4.78 is 60.1. The summed E-state index contributed by atoms with van der Waals surface area (Å²) in [6, 6.07) is 16.7. The monoisotopic (exact) mass is 481 g/mol. The van der Waals surface area contributed by atoms with Crippen LogP contribution in [0.1, 0.15) is 15.9 Å². The van der Waals surface area contributed by atoms with E-state index in [1.165, 1.54) is 12.1 Å². The van der Waals surface area contributed by atoms with Crippen molar-refractivity contribution in [1.82, 2.24) is 0 Å². The van der Waals surface area contributed by atoms with E-state index in [1.807, 2.05) is 0 Å². The van der Waals surface area contributed by atoms with Crippen molar-refractivity contribution in [2.45, 2.75) is 6.18 Å². The predicted octanol–water partition coefficient (Wildman–Crippen LogP) is 6.03. The molecule has 29 heavy (non-hydrogen) atoms. The fourth-order valence-electron chi connectivity index (χ4n) is 3.00. The van der Waals surface area contributed by atoms with Gasteiger partial charge in [0.2, 0.25) is 0 Å². The van der Waals surface area contributed by atoms with Crippen molar-refractivity contribution in [2.75, 3.05) is 4.67 Å². The van der Waals surface area contributed by atoms with Crippen molar-refractivity contribution in [3.63, 3.8) is 0 Å². The average Bonchev–Trinajstić information content (AvgIpc) is 2.69. The second-order valence-corrected chi connectivity index (χ2v) is 9.30. The number of halogens is 4. The van der Waals surface area contributed by atoms with Gasteiger partial charge < -0.3 is 4.52 Å². The molecule has 148 valence electrons. The van der Waals surface area contributed by atoms with Gasteiger partial charge in [-0.2, -0.15) is 13.2 Å². The molecular formula is C20H12BrF3NO3P. The number of hydrogen-bond acceptors (Lipinski definition) is 3. The molecule has 0 saturated carbocycles. The van der Waals surface area contributed by atoms with Gasteiger partial charge >= 0.3 is 13.7 Å². The quantitative estimate of drug-likeness (QED) is 0.420. The first-order valence-electron chi connectivity index (χ1n) is 8.37. The van der Waals surface area contributed by atoms with Gasteiger partial charge in [-0.3, -0.25) is 4.79 Å². The fourth-order valence-corrected chi connectivity index (χ4v) is 5.54. The maximum Gasteiger partial charge on any atom is 0.416 e. The zero-order chi connectivity index (χ0) is 20.8. The first-order chi connectivity index (χ1) is 13.7. The van der Waals surface area contributed by atoms with Crippen molar-refractivity contribution in [3.8, 4) is 5.75 Å². The number of hydrogen-bond donors (Lipinski definition) is 0. The highest BCUT2D eigenvalue weighted by molar-refractivity contribution is 9.10. The van der Waals surface area contributed by atoms with Gasteiger partial charge in [-0.15, -0.1) is 0 Å². The summed E-state index contributed by atoms with van der Waals surface area (Å²) in [4.78, 5) is 13.3. The number of amides is 1. The Balaban J connectivity index is 1.90. The lowest BCUT2D eigenvalue weighted by atomic mass is 10.1. The van der Waals surface area contributed by atoms with E-state index in [0.717, 1.165) is 28.9 Å². The Morgan fingerprint density at radius 3 is 2.21 bits per heavy atom. The van der Waals surface area contributed by atoms with Crippen molar-refractivity contribution in [3.05, 3.63) is 88.4 Å². The van der Waals surface area contributed by atoms with Gasteiger partial charge in [0.05, 0.1) is 22.1 Å². The van der Waals surface area contributed by atoms with E-state index in [1.54, 1.807) is 36.4 Å². The maximum atomic E-state index is 14.0. The molecule has 1 atom stereocenters. The topological polar surface area (TPSA) is 46.6 Å². The largest absolute Gasteiger partial charge is 0.425 e. The van der Waals surface area contributed by atoms with Crippen molar-refractivity contribution in [1.29, 1.82) is 0 Å². The number of alkyl halides is 3. The number of nitrogens with zero attached hydrogens (tertiary/aromatic N) is 1. The van der Waals surface area contributed by atoms with Crippen molar-refractivity contribution >= 4 is 40.3 Å². The van der Waals surface area contributed by atoms with Crippen LogP contribution in [0.5, 0.6) is 5.75 Å². The zero-order valence-corrected chi connectivity index (χ0v) is 17.0. The summed E-state index contributed by atoms with van der Waals surface area (Å²) in [6.07, 6.45) is -4.53. The lowest BCUT2D eigenvalue weighted by molar-refractivity contribution is -0.137. The molecule has 0 N–H and O–H groups in total. The zero-order valence-electron chi connectivity index (χ0n) is 14.6. The SMILES string of the molecule is O=C1c2cc(Br)ccc2OP(=O)(c2ccccc2)N1c1ccc(C(F)(F)F)cc1. The molecule has 9 heteroatoms. The molecule has 1 aliphatic rings. The van der Waals surface area contributed by atoms with Gasteiger partial charge in [0.25, 0.3) is 5.91 Å². The molecule has 4 rings (SSSR count). The Kier molecular flexibility index (Phi) is 4.79. The Hall–Kier alpha value is -2.57. The lowest BCUT2D eigenvalue weighted by Crippen LogP contribution is -2.38. The van der Waals surface area contributed by atoms with Crippen LogP contribution in [0.4, 0.5) is 18.9 Å². The minimum absolute atomic E-state index is 0.0424. The van der Waals surface area contributed by atoms with E-state index >= 15 is 0 Å². The third kappa shape index (κ3) is 3.47. The second-order valence-electron chi connectivity index (χ2n) is 6.25. The number of carbonyl (C=O) groups excluding carboxylic acids is 1. The molecule has 4 nitrogen and oxygen atoms in total. The first-order valence-corrected chi connectivity index (χ1v) is 10.7. The summed E-state index contributed by atoms with van der Waals surface area (Å²) in [5, 5.41) is 0.252. The van der Waals surface area contributed by atoms with E-state index in [4.69, 9.17) is 4.52 Å². The molecule has 3 aromatic carbocycles. The normalized spacial score (nSPS) is 18.9. The lowest BCUT2D eigenvalue weighted by Gasteiger charge is -2.36. The minimum Gasteiger partial charge on any atom is -0.425 e. The summed E-state index contributed by atoms with van der Waals surface area (Å²) in [7, 11) is -3.97. The molecule has 1 aliphatic heterocycles. The predicted molar refractivity (Wildman–Crippen MR) is 107 cm³/mol. The number of anilines is 1. The van der Waals surface area contributed by atoms with Crippen LogP contribution >= 0.6 is 23.4 Å². The van der Waals surface area contributed by atoms with E-state index < -0.39 is 25.2 Å². The number of benzene rings is 3. The summed E-state index contributed by atoms with van der Waals surface area (Å²) in [6.45, 7) is 0. The summed E-state index contributed by atoms with van der Waals surface area (Å²) >= 11 is 3.28. The molecule has 0 saturated heterocycles. The molecule has 1 amide bonds. The molecule has 0 bridgehead atoms. The van der Waals surface area contributed by atoms with Crippen LogP contribution in [-0.2, 0) is 10.7 Å². The van der Waals surface area contributed by atoms with Crippen LogP contribution in [0, 0.1) is 0 Å². The molecule has 0 aromatic heterocycles. The van der Waals surface area contributed by atoms with E-state index in [0.29, 0.717) is 4.47 Å². The van der Waals surface area contributed by atoms with Gasteiger partial charge in [-0.05, 0) is 54.6 Å². The Morgan fingerprint density at radius 2 is 1.59 bits per heavy atom. The third-order valence-electron chi connectivity index (χ3n) is 4.37. The first kappa shape index (κ1) is 19.7. The van der Waals surface area contributed by atoms with Gasteiger partial charge in [-0.25, -0.2) is 9.24 Å². The van der Waals surface area contributed by atoms with E-state index in [-0.39, 0.29) is 22.3 Å². The van der Waals surface area contributed by atoms with Crippen LogP contribution in [0.25, 0.3) is 0 Å². The van der Waals surface area contributed by atoms with Crippen molar-refractivity contribution in [2.24, 2.45) is 0 Å². The standard InChI is InChI=1S/C20H12BrF3NO3P/c21-14-8-11-18-17(12-14)19(26)25(15-9-6-13(7-10-15)20(22,23)24)29(27,28-18)16-4-2-1-3-5-16/h1-12H. The van der Waals surface area contributed by atoms with Gasteiger partial charge in [0.15, 0.2) is 0 Å². The minimum atomic E-state index is -4.53. The Bertz CT molecular complexity index is 1130. The van der Waals surface area contributed by atoms with Gasteiger partial charge in [0, 0.05) is 4.47 Å². The highest BCUT2D eigenvalue weighted by atomic mass is 79.9. The van der Waals surface area contributed by atoms with E-state index in [2.05, 4.69) is 15.9 Å². The van der Waals surface area contributed by atoms with Gasteiger partial charge in [-0.1, -0.05) is 34.1 Å². The highest BCUT2D eigenvalue weighted by Crippen LogP contribution is 2.57. The van der Waals surface area contributed by atoms with E-state index in [9.17, 15) is 22.5 Å². The van der Waals surface area contributed by atoms with Crippen LogP contribution in [0.3, 0.4) is 0 Å². The van der Waals surface area contributed by atoms with Crippen LogP contribution in [0.2, 0.25) is 0 Å². The molecule has 3 aromatic rings. The van der Waals surface area contributed by atoms with Crippen LogP contribution in [0.15, 0.2) is 77.3 Å². The number of fused-ring (bicyclic) bond motifs is 1. The smallest absolute Gasteiger partial charge is 0.416 e. The maximum absolute atomic E-state index is 14.0. The van der Waals surface area contributed by atoms with Crippen molar-refractivity contribution < 1.29 is 27.1 Å². The molecule has 1 heterocycles. The average molecular weight is 482 g/mol. The Labute approximate surface area is 172 Å². The molecule has 0 aliphatic carbocycles. The van der Waals surface area contributed by atoms with Crippen LogP contribution < -0.4 is 14.5 Å². The third-order valence-corrected chi connectivity index (χ3v) is 7.20. The number of rotatable bonds is 2. The van der Waals surface area contributed by atoms with Gasteiger partial charge in [0.1, 0.15) is 5.75 Å². The highest BCUT2D eigenvalue weighted by Gasteiger charge is 2.46. The molecule has 0 spiro atoms. The molecule has 0 radical (unpaired) electrons. The number of carbonyl (C=O) groups is 1. The Morgan fingerprint density at radius 1 is 0.931 bits per heavy atom. The fraction of sp³-hybridized carbons (Fsp3) is 0.0500. The summed E-state index contributed by atoms with van der Waals surface area (Å²) in [5.41, 5.74) is -0.674. The molecule has 0 fully saturated rings. The van der Waals surface area contributed by atoms with Crippen LogP contribution in [-0.4, -0.2) is 5.91 Å². The molecular weight excluding hydrogens is 470 g/mol. The molecule has 1 unspecified atom stereocenters. The second kappa shape index (κ2) is 7.04.